The van der Waals surface area contributed by atoms with Crippen molar-refractivity contribution in [1.29, 1.82) is 0 Å². The molecule has 0 bridgehead atoms. The number of fused-ring (bicyclic) bond motifs is 2. The molecule has 1 aromatic carbocycles. The summed E-state index contributed by atoms with van der Waals surface area (Å²) >= 11 is 0. The lowest BCUT2D eigenvalue weighted by atomic mass is 9.59. The Bertz CT molecular complexity index is 1190. The van der Waals surface area contributed by atoms with Crippen molar-refractivity contribution in [3.05, 3.63) is 77.1 Å². The number of methoxy groups -OCH3 is 1. The topological polar surface area (TPSA) is 80.4 Å². The van der Waals surface area contributed by atoms with Crippen LogP contribution in [-0.4, -0.2) is 38.7 Å². The molecule has 0 saturated heterocycles. The minimum absolute atomic E-state index is 0.0184. The number of hydrogen-bond acceptors (Lipinski definition) is 5. The first-order valence-electron chi connectivity index (χ1n) is 11.2. The highest BCUT2D eigenvalue weighted by Crippen LogP contribution is 2.62. The van der Waals surface area contributed by atoms with Gasteiger partial charge in [-0.25, -0.2) is 9.07 Å². The summed E-state index contributed by atoms with van der Waals surface area (Å²) in [5.74, 6) is 0.359. The Morgan fingerprint density at radius 1 is 1.18 bits per heavy atom. The van der Waals surface area contributed by atoms with E-state index in [0.29, 0.717) is 17.9 Å². The van der Waals surface area contributed by atoms with Crippen LogP contribution in [0.15, 0.2) is 54.4 Å². The number of allylic oxidation sites excluding steroid dienone is 1. The Morgan fingerprint density at radius 3 is 2.64 bits per heavy atom. The molecule has 2 aromatic heterocycles. The SMILES string of the molecule is COc1ccc(C(O)C[C@]2(CO)CCC3=Cc4c(cnn4-c4ccc(F)cc4)C[C@@]32C)nc1. The molecule has 2 aliphatic rings. The Kier molecular flexibility index (Phi) is 5.34. The fourth-order valence-electron chi connectivity index (χ4n) is 5.64. The number of rotatable bonds is 6. The van der Waals surface area contributed by atoms with Crippen LogP contribution in [0.1, 0.15) is 49.2 Å². The monoisotopic (exact) mass is 449 g/mol. The molecule has 0 radical (unpaired) electrons. The molecule has 3 atom stereocenters. The molecule has 2 aliphatic carbocycles. The molecular formula is C26H28FN3O3. The van der Waals surface area contributed by atoms with Crippen molar-refractivity contribution < 1.29 is 19.3 Å². The predicted octanol–water partition coefficient (Wildman–Crippen LogP) is 4.26. The normalized spacial score (nSPS) is 24.7. The molecule has 0 amide bonds. The van der Waals surface area contributed by atoms with Crippen LogP contribution in [0.3, 0.4) is 0 Å². The lowest BCUT2D eigenvalue weighted by molar-refractivity contribution is -0.0149. The molecule has 2 N–H and O–H groups in total. The van der Waals surface area contributed by atoms with Gasteiger partial charge in [0.25, 0.3) is 0 Å². The van der Waals surface area contributed by atoms with Gasteiger partial charge in [-0.2, -0.15) is 5.10 Å². The van der Waals surface area contributed by atoms with Crippen LogP contribution < -0.4 is 4.74 Å². The summed E-state index contributed by atoms with van der Waals surface area (Å²) in [5, 5.41) is 26.2. The third-order valence-corrected chi connectivity index (χ3v) is 7.79. The molecule has 172 valence electrons. The zero-order valence-corrected chi connectivity index (χ0v) is 18.8. The molecule has 5 rings (SSSR count). The van der Waals surface area contributed by atoms with Gasteiger partial charge in [-0.05, 0) is 73.7 Å². The van der Waals surface area contributed by atoms with E-state index in [1.807, 2.05) is 10.9 Å². The number of aliphatic hydroxyl groups is 2. The third-order valence-electron chi connectivity index (χ3n) is 7.79. The van der Waals surface area contributed by atoms with Crippen LogP contribution in [0, 0.1) is 16.6 Å². The molecule has 2 heterocycles. The molecule has 7 heteroatoms. The van der Waals surface area contributed by atoms with Gasteiger partial charge < -0.3 is 14.9 Å². The molecule has 1 fully saturated rings. The second-order valence-corrected chi connectivity index (χ2v) is 9.40. The van der Waals surface area contributed by atoms with E-state index >= 15 is 0 Å². The summed E-state index contributed by atoms with van der Waals surface area (Å²) in [5.41, 5.74) is 3.94. The lowest BCUT2D eigenvalue weighted by Crippen LogP contribution is -2.43. The van der Waals surface area contributed by atoms with E-state index in [0.717, 1.165) is 36.2 Å². The fraction of sp³-hybridized carbons (Fsp3) is 0.385. The molecule has 1 saturated carbocycles. The Morgan fingerprint density at radius 2 is 1.97 bits per heavy atom. The molecule has 1 unspecified atom stereocenters. The van der Waals surface area contributed by atoms with E-state index in [9.17, 15) is 14.6 Å². The third kappa shape index (κ3) is 3.47. The quantitative estimate of drug-likeness (QED) is 0.588. The standard InChI is InChI=1S/C26H28FN3O3/c1-25-12-17-14-29-30(20-5-3-19(27)4-6-20)23(17)11-18(25)9-10-26(25,16-31)13-24(32)22-8-7-21(33-2)15-28-22/h3-8,11,14-15,24,31-32H,9-10,12-13,16H2,1-2H3/t24?,25-,26-/m0/s1. The van der Waals surface area contributed by atoms with E-state index in [4.69, 9.17) is 4.74 Å². The number of halogens is 1. The maximum atomic E-state index is 13.4. The molecule has 3 aromatic rings. The Labute approximate surface area is 192 Å². The summed E-state index contributed by atoms with van der Waals surface area (Å²) in [6, 6.07) is 9.87. The predicted molar refractivity (Wildman–Crippen MR) is 122 cm³/mol. The average molecular weight is 450 g/mol. The number of hydrogen-bond donors (Lipinski definition) is 2. The van der Waals surface area contributed by atoms with Crippen molar-refractivity contribution in [1.82, 2.24) is 14.8 Å². The highest BCUT2D eigenvalue weighted by Gasteiger charge is 2.56. The van der Waals surface area contributed by atoms with Crippen molar-refractivity contribution in [2.24, 2.45) is 10.8 Å². The fourth-order valence-corrected chi connectivity index (χ4v) is 5.64. The van der Waals surface area contributed by atoms with Gasteiger partial charge in [-0.3, -0.25) is 4.98 Å². The molecule has 0 spiro atoms. The van der Waals surface area contributed by atoms with Gasteiger partial charge in [0.15, 0.2) is 0 Å². The first-order chi connectivity index (χ1) is 15.9. The average Bonchev–Trinajstić information content (AvgIpc) is 3.36. The van der Waals surface area contributed by atoms with E-state index in [2.05, 4.69) is 23.1 Å². The largest absolute Gasteiger partial charge is 0.495 e. The second kappa shape index (κ2) is 8.08. The first-order valence-corrected chi connectivity index (χ1v) is 11.2. The van der Waals surface area contributed by atoms with E-state index in [1.54, 1.807) is 37.6 Å². The number of aromatic nitrogens is 3. The first kappa shape index (κ1) is 21.8. The zero-order chi connectivity index (χ0) is 23.2. The summed E-state index contributed by atoms with van der Waals surface area (Å²) in [6.45, 7) is 2.17. The smallest absolute Gasteiger partial charge is 0.137 e. The van der Waals surface area contributed by atoms with Gasteiger partial charge >= 0.3 is 0 Å². The van der Waals surface area contributed by atoms with Gasteiger partial charge in [0, 0.05) is 17.4 Å². The highest BCUT2D eigenvalue weighted by atomic mass is 19.1. The van der Waals surface area contributed by atoms with Crippen molar-refractivity contribution in [3.8, 4) is 11.4 Å². The van der Waals surface area contributed by atoms with Crippen molar-refractivity contribution >= 4 is 6.08 Å². The number of ether oxygens (including phenoxy) is 1. The second-order valence-electron chi connectivity index (χ2n) is 9.40. The van der Waals surface area contributed by atoms with Crippen molar-refractivity contribution in [3.63, 3.8) is 0 Å². The van der Waals surface area contributed by atoms with Crippen LogP contribution in [0.5, 0.6) is 5.75 Å². The van der Waals surface area contributed by atoms with Crippen molar-refractivity contribution in [2.75, 3.05) is 13.7 Å². The van der Waals surface area contributed by atoms with Gasteiger partial charge in [0.2, 0.25) is 0 Å². The number of pyridine rings is 1. The molecule has 0 aliphatic heterocycles. The van der Waals surface area contributed by atoms with Gasteiger partial charge in [0.1, 0.15) is 11.6 Å². The maximum Gasteiger partial charge on any atom is 0.137 e. The van der Waals surface area contributed by atoms with Gasteiger partial charge in [-0.1, -0.05) is 12.5 Å². The molecular weight excluding hydrogens is 421 g/mol. The summed E-state index contributed by atoms with van der Waals surface area (Å²) < 4.78 is 20.4. The molecule has 33 heavy (non-hydrogen) atoms. The lowest BCUT2D eigenvalue weighted by Gasteiger charge is -2.46. The van der Waals surface area contributed by atoms with E-state index < -0.39 is 11.5 Å². The number of aliphatic hydroxyl groups excluding tert-OH is 2. The van der Waals surface area contributed by atoms with E-state index in [1.165, 1.54) is 17.7 Å². The minimum Gasteiger partial charge on any atom is -0.495 e. The van der Waals surface area contributed by atoms with E-state index in [-0.39, 0.29) is 17.8 Å². The maximum absolute atomic E-state index is 13.4. The molecule has 6 nitrogen and oxygen atoms in total. The van der Waals surface area contributed by atoms with Gasteiger partial charge in [0.05, 0.1) is 42.7 Å². The van der Waals surface area contributed by atoms with Crippen molar-refractivity contribution in [2.45, 2.75) is 38.7 Å². The van der Waals surface area contributed by atoms with Crippen LogP contribution in [0.25, 0.3) is 11.8 Å². The summed E-state index contributed by atoms with van der Waals surface area (Å²) in [6.07, 6.45) is 7.60. The van der Waals surface area contributed by atoms with Crippen LogP contribution in [0.4, 0.5) is 4.39 Å². The number of nitrogens with zero attached hydrogens (tertiary/aromatic N) is 3. The summed E-state index contributed by atoms with van der Waals surface area (Å²) in [7, 11) is 1.58. The number of benzene rings is 1. The zero-order valence-electron chi connectivity index (χ0n) is 18.8. The van der Waals surface area contributed by atoms with Crippen LogP contribution >= 0.6 is 0 Å². The van der Waals surface area contributed by atoms with Crippen LogP contribution in [0.2, 0.25) is 0 Å². The van der Waals surface area contributed by atoms with Crippen LogP contribution in [-0.2, 0) is 6.42 Å². The Hall–Kier alpha value is -3.03. The summed E-state index contributed by atoms with van der Waals surface area (Å²) in [4.78, 5) is 4.35. The minimum atomic E-state index is -0.789. The van der Waals surface area contributed by atoms with Gasteiger partial charge in [-0.15, -0.1) is 0 Å². The Balaban J connectivity index is 1.46. The highest BCUT2D eigenvalue weighted by molar-refractivity contribution is 5.62.